The lowest BCUT2D eigenvalue weighted by molar-refractivity contribution is -0.192. The van der Waals surface area contributed by atoms with E-state index in [1.165, 1.54) is 0 Å². The third kappa shape index (κ3) is 7.13. The topological polar surface area (TPSA) is 107 Å². The molecule has 0 unspecified atom stereocenters. The molecule has 1 aliphatic rings. The third-order valence-electron chi connectivity index (χ3n) is 4.05. The summed E-state index contributed by atoms with van der Waals surface area (Å²) >= 11 is 0. The molecule has 2 N–H and O–H groups in total. The van der Waals surface area contributed by atoms with E-state index in [-0.39, 0.29) is 19.1 Å². The fourth-order valence-electron chi connectivity index (χ4n) is 2.59. The number of nitrogens with one attached hydrogen (secondary N) is 1. The van der Waals surface area contributed by atoms with Gasteiger partial charge in [-0.05, 0) is 54.1 Å². The highest BCUT2D eigenvalue weighted by atomic mass is 19.4. The number of carbonyl (C=O) groups is 2. The molecule has 0 fully saturated rings. The predicted octanol–water partition coefficient (Wildman–Crippen LogP) is 4.42. The number of fused-ring (bicyclic) bond motifs is 1. The Balaban J connectivity index is 0.000000383. The number of pyridine rings is 1. The van der Waals surface area contributed by atoms with Crippen molar-refractivity contribution in [3.63, 3.8) is 0 Å². The van der Waals surface area contributed by atoms with Crippen molar-refractivity contribution in [1.82, 2.24) is 4.98 Å². The van der Waals surface area contributed by atoms with Crippen LogP contribution in [0.1, 0.15) is 5.56 Å². The van der Waals surface area contributed by atoms with Crippen LogP contribution in [0.15, 0.2) is 67.0 Å². The average Bonchev–Trinajstić information content (AvgIpc) is 3.23. The Bertz CT molecular complexity index is 1110. The molecule has 2 aromatic carbocycles. The van der Waals surface area contributed by atoms with Crippen molar-refractivity contribution in [2.24, 2.45) is 0 Å². The quantitative estimate of drug-likeness (QED) is 0.578. The normalized spacial score (nSPS) is 11.7. The monoisotopic (exact) mass is 462 g/mol. The fraction of sp³-hybridized carbons (Fsp3) is 0.136. The van der Waals surface area contributed by atoms with Gasteiger partial charge in [0.2, 0.25) is 12.7 Å². The number of amides is 1. The molecule has 2 heterocycles. The number of hydrogen-bond donors (Lipinski definition) is 2. The molecule has 4 rings (SSSR count). The van der Waals surface area contributed by atoms with Crippen molar-refractivity contribution in [3.8, 4) is 23.0 Å². The Hall–Kier alpha value is -4.28. The molecule has 33 heavy (non-hydrogen) atoms. The number of rotatable bonds is 5. The molecule has 1 aromatic heterocycles. The molecule has 0 bridgehead atoms. The van der Waals surface area contributed by atoms with E-state index >= 15 is 0 Å². The van der Waals surface area contributed by atoms with Gasteiger partial charge in [0.1, 0.15) is 11.5 Å². The summed E-state index contributed by atoms with van der Waals surface area (Å²) in [7, 11) is 0. The summed E-state index contributed by atoms with van der Waals surface area (Å²) < 4.78 is 48.0. The number of aliphatic carboxylic acids is 1. The zero-order valence-electron chi connectivity index (χ0n) is 16.8. The predicted molar refractivity (Wildman–Crippen MR) is 109 cm³/mol. The molecule has 0 saturated heterocycles. The number of halogens is 3. The second-order valence-electron chi connectivity index (χ2n) is 6.53. The lowest BCUT2D eigenvalue weighted by atomic mass is 10.1. The van der Waals surface area contributed by atoms with Crippen molar-refractivity contribution in [1.29, 1.82) is 0 Å². The van der Waals surface area contributed by atoms with Crippen LogP contribution >= 0.6 is 0 Å². The summed E-state index contributed by atoms with van der Waals surface area (Å²) in [5, 5.41) is 10.00. The zero-order chi connectivity index (χ0) is 23.8. The molecule has 8 nitrogen and oxygen atoms in total. The van der Waals surface area contributed by atoms with E-state index in [0.717, 1.165) is 5.56 Å². The van der Waals surface area contributed by atoms with Gasteiger partial charge in [0.05, 0.1) is 12.6 Å². The van der Waals surface area contributed by atoms with Crippen molar-refractivity contribution in [3.05, 3.63) is 72.6 Å². The second kappa shape index (κ2) is 10.4. The van der Waals surface area contributed by atoms with Gasteiger partial charge in [-0.25, -0.2) is 4.79 Å². The lowest BCUT2D eigenvalue weighted by Gasteiger charge is -2.08. The number of aromatic nitrogens is 1. The van der Waals surface area contributed by atoms with Gasteiger partial charge in [0.15, 0.2) is 11.5 Å². The van der Waals surface area contributed by atoms with Crippen molar-refractivity contribution >= 4 is 17.6 Å². The van der Waals surface area contributed by atoms with Gasteiger partial charge in [0, 0.05) is 11.9 Å². The maximum absolute atomic E-state index is 12.2. The summed E-state index contributed by atoms with van der Waals surface area (Å²) in [4.78, 5) is 25.1. The van der Waals surface area contributed by atoms with Gasteiger partial charge in [-0.2, -0.15) is 13.2 Å². The molecule has 3 aromatic rings. The fourth-order valence-corrected chi connectivity index (χ4v) is 2.59. The minimum atomic E-state index is -5.08. The van der Waals surface area contributed by atoms with Crippen molar-refractivity contribution < 1.29 is 42.1 Å². The number of carbonyl (C=O) groups excluding carboxylic acids is 1. The largest absolute Gasteiger partial charge is 0.490 e. The highest BCUT2D eigenvalue weighted by Gasteiger charge is 2.38. The molecule has 1 amide bonds. The summed E-state index contributed by atoms with van der Waals surface area (Å²) in [6.45, 7) is 0.221. The van der Waals surface area contributed by atoms with E-state index in [1.54, 1.807) is 42.7 Å². The Morgan fingerprint density at radius 1 is 1.03 bits per heavy atom. The highest BCUT2D eigenvalue weighted by molar-refractivity contribution is 5.92. The van der Waals surface area contributed by atoms with Crippen LogP contribution in [0.4, 0.5) is 18.9 Å². The molecule has 172 valence electrons. The number of ether oxygens (including phenoxy) is 3. The van der Waals surface area contributed by atoms with Gasteiger partial charge in [0.25, 0.3) is 0 Å². The first-order valence-electron chi connectivity index (χ1n) is 9.37. The summed E-state index contributed by atoms with van der Waals surface area (Å²) in [6.07, 6.45) is -1.50. The number of hydrogen-bond acceptors (Lipinski definition) is 6. The maximum Gasteiger partial charge on any atom is 0.490 e. The molecule has 0 atom stereocenters. The van der Waals surface area contributed by atoms with E-state index in [9.17, 15) is 18.0 Å². The number of carboxylic acid groups (broad SMARTS) is 1. The van der Waals surface area contributed by atoms with Gasteiger partial charge < -0.3 is 24.6 Å². The molecule has 1 aliphatic heterocycles. The SMILES string of the molecule is O=C(Cc1ccc2c(c1)OCO2)Nc1ccc(Oc2cccnc2)cc1.O=C(O)C(F)(F)F. The number of anilines is 1. The van der Waals surface area contributed by atoms with E-state index in [1.807, 2.05) is 24.3 Å². The molecule has 0 saturated carbocycles. The van der Waals surface area contributed by atoms with Crippen LogP contribution in [0.25, 0.3) is 0 Å². The minimum Gasteiger partial charge on any atom is -0.475 e. The highest BCUT2D eigenvalue weighted by Crippen LogP contribution is 2.32. The number of carboxylic acids is 1. The van der Waals surface area contributed by atoms with Crippen LogP contribution in [0.5, 0.6) is 23.0 Å². The van der Waals surface area contributed by atoms with Crippen LogP contribution in [-0.2, 0) is 16.0 Å². The van der Waals surface area contributed by atoms with E-state index < -0.39 is 12.1 Å². The zero-order valence-corrected chi connectivity index (χ0v) is 16.8. The number of nitrogens with zero attached hydrogens (tertiary/aromatic N) is 1. The Labute approximate surface area is 185 Å². The Kier molecular flexibility index (Phi) is 7.34. The first-order chi connectivity index (χ1) is 15.7. The van der Waals surface area contributed by atoms with E-state index in [4.69, 9.17) is 24.1 Å². The second-order valence-corrected chi connectivity index (χ2v) is 6.53. The minimum absolute atomic E-state index is 0.107. The summed E-state index contributed by atoms with van der Waals surface area (Å²) in [5.74, 6) is -0.151. The average molecular weight is 462 g/mol. The van der Waals surface area contributed by atoms with Gasteiger partial charge >= 0.3 is 12.1 Å². The van der Waals surface area contributed by atoms with Gasteiger partial charge in [-0.1, -0.05) is 6.07 Å². The molecular weight excluding hydrogens is 445 g/mol. The Morgan fingerprint density at radius 3 is 2.36 bits per heavy atom. The maximum atomic E-state index is 12.2. The lowest BCUT2D eigenvalue weighted by Crippen LogP contribution is -2.21. The van der Waals surface area contributed by atoms with Crippen LogP contribution in [0.2, 0.25) is 0 Å². The van der Waals surface area contributed by atoms with Crippen molar-refractivity contribution in [2.75, 3.05) is 12.1 Å². The van der Waals surface area contributed by atoms with Crippen molar-refractivity contribution in [2.45, 2.75) is 12.6 Å². The standard InChI is InChI=1S/C20H16N2O4.C2HF3O2/c23-20(11-14-3-8-18-19(10-14)25-13-24-18)22-15-4-6-16(7-5-15)26-17-2-1-9-21-12-17;3-2(4,5)1(6)7/h1-10,12H,11,13H2,(H,22,23);(H,6,7). The first-order valence-corrected chi connectivity index (χ1v) is 9.37. The molecule has 11 heteroatoms. The van der Waals surface area contributed by atoms with E-state index in [2.05, 4.69) is 10.3 Å². The van der Waals surface area contributed by atoms with Gasteiger partial charge in [-0.15, -0.1) is 0 Å². The number of alkyl halides is 3. The van der Waals surface area contributed by atoms with E-state index in [0.29, 0.717) is 28.7 Å². The van der Waals surface area contributed by atoms with Crippen LogP contribution in [0.3, 0.4) is 0 Å². The van der Waals surface area contributed by atoms with Crippen LogP contribution in [-0.4, -0.2) is 34.9 Å². The molecular formula is C22H17F3N2O6. The molecule has 0 radical (unpaired) electrons. The Morgan fingerprint density at radius 2 is 1.73 bits per heavy atom. The molecule has 0 aliphatic carbocycles. The smallest absolute Gasteiger partial charge is 0.475 e. The summed E-state index contributed by atoms with van der Waals surface area (Å²) in [6, 6.07) is 16.3. The van der Waals surface area contributed by atoms with Gasteiger partial charge in [-0.3, -0.25) is 9.78 Å². The van der Waals surface area contributed by atoms with Crippen LogP contribution < -0.4 is 19.5 Å². The number of benzene rings is 2. The first kappa shape index (κ1) is 23.4. The third-order valence-corrected chi connectivity index (χ3v) is 4.05. The van der Waals surface area contributed by atoms with Crippen LogP contribution in [0, 0.1) is 0 Å². The summed E-state index contributed by atoms with van der Waals surface area (Å²) in [5.41, 5.74) is 1.57. The molecule has 0 spiro atoms.